The quantitative estimate of drug-likeness (QED) is 0.923. The topological polar surface area (TPSA) is 63.3 Å². The van der Waals surface area contributed by atoms with Crippen LogP contribution in [0, 0.1) is 5.82 Å². The lowest BCUT2D eigenvalue weighted by Gasteiger charge is -1.98. The third-order valence-electron chi connectivity index (χ3n) is 2.50. The zero-order valence-electron chi connectivity index (χ0n) is 10.3. The largest absolute Gasteiger partial charge is 0.475 e. The molecule has 6 heteroatoms. The number of oxazole rings is 1. The summed E-state index contributed by atoms with van der Waals surface area (Å²) in [5.41, 5.74) is 0.740. The Morgan fingerprint density at radius 2 is 2.11 bits per heavy atom. The normalized spacial score (nSPS) is 11.0. The average Bonchev–Trinajstić information content (AvgIpc) is 2.72. The zero-order chi connectivity index (χ0) is 14.2. The van der Waals surface area contributed by atoms with Gasteiger partial charge in [0.15, 0.2) is 0 Å². The summed E-state index contributed by atoms with van der Waals surface area (Å²) in [6, 6.07) is 4.16. The Morgan fingerprint density at radius 1 is 1.42 bits per heavy atom. The fraction of sp³-hybridized carbons (Fsp3) is 0.231. The minimum Gasteiger partial charge on any atom is -0.475 e. The number of carboxylic acids is 1. The lowest BCUT2D eigenvalue weighted by molar-refractivity contribution is 0.0661. The Kier molecular flexibility index (Phi) is 3.71. The highest BCUT2D eigenvalue weighted by atomic mass is 79.9. The molecule has 4 nitrogen and oxygen atoms in total. The van der Waals surface area contributed by atoms with Crippen LogP contribution in [-0.4, -0.2) is 16.1 Å². The number of nitrogens with zero attached hydrogens (tertiary/aromatic N) is 1. The molecule has 0 radical (unpaired) electrons. The van der Waals surface area contributed by atoms with Gasteiger partial charge in [0.05, 0.1) is 5.69 Å². The van der Waals surface area contributed by atoms with E-state index in [2.05, 4.69) is 20.9 Å². The Labute approximate surface area is 117 Å². The third-order valence-corrected chi connectivity index (χ3v) is 2.96. The van der Waals surface area contributed by atoms with Gasteiger partial charge in [0.2, 0.25) is 11.7 Å². The number of benzene rings is 1. The van der Waals surface area contributed by atoms with Gasteiger partial charge in [-0.2, -0.15) is 0 Å². The average molecular weight is 328 g/mol. The molecule has 0 aliphatic carbocycles. The van der Waals surface area contributed by atoms with Crippen LogP contribution in [0.3, 0.4) is 0 Å². The number of aromatic nitrogens is 1. The van der Waals surface area contributed by atoms with Gasteiger partial charge in [0.25, 0.3) is 0 Å². The molecule has 1 heterocycles. The van der Waals surface area contributed by atoms with Crippen molar-refractivity contribution in [2.75, 3.05) is 0 Å². The molecule has 0 aliphatic heterocycles. The first-order chi connectivity index (χ1) is 8.88. The summed E-state index contributed by atoms with van der Waals surface area (Å²) in [4.78, 5) is 15.2. The minimum atomic E-state index is -1.18. The molecule has 0 spiro atoms. The van der Waals surface area contributed by atoms with E-state index >= 15 is 0 Å². The van der Waals surface area contributed by atoms with Gasteiger partial charge in [-0.05, 0) is 24.1 Å². The lowest BCUT2D eigenvalue weighted by atomic mass is 10.1. The van der Waals surface area contributed by atoms with Gasteiger partial charge in [-0.25, -0.2) is 14.2 Å². The van der Waals surface area contributed by atoms with E-state index in [9.17, 15) is 9.18 Å². The number of hydrogen-bond acceptors (Lipinski definition) is 3. The molecule has 0 fully saturated rings. The molecule has 19 heavy (non-hydrogen) atoms. The molecule has 1 aromatic carbocycles. The summed E-state index contributed by atoms with van der Waals surface area (Å²) >= 11 is 3.17. The molecule has 100 valence electrons. The fourth-order valence-corrected chi connectivity index (χ4v) is 2.14. The number of rotatable bonds is 3. The van der Waals surface area contributed by atoms with Crippen LogP contribution in [0.5, 0.6) is 0 Å². The van der Waals surface area contributed by atoms with Crippen molar-refractivity contribution < 1.29 is 18.7 Å². The second-order valence-corrected chi connectivity index (χ2v) is 5.27. The van der Waals surface area contributed by atoms with Crippen LogP contribution < -0.4 is 0 Å². The van der Waals surface area contributed by atoms with Crippen molar-refractivity contribution in [1.82, 2.24) is 4.98 Å². The summed E-state index contributed by atoms with van der Waals surface area (Å²) < 4.78 is 19.1. The molecule has 2 aromatic rings. The fourth-order valence-electron chi connectivity index (χ4n) is 1.68. The maximum atomic E-state index is 13.3. The van der Waals surface area contributed by atoms with Crippen molar-refractivity contribution in [3.8, 4) is 11.5 Å². The van der Waals surface area contributed by atoms with Crippen LogP contribution >= 0.6 is 15.9 Å². The van der Waals surface area contributed by atoms with E-state index < -0.39 is 11.8 Å². The lowest BCUT2D eigenvalue weighted by Crippen LogP contribution is -2.01. The maximum Gasteiger partial charge on any atom is 0.373 e. The molecule has 0 amide bonds. The molecule has 0 saturated carbocycles. The molecule has 0 saturated heterocycles. The monoisotopic (exact) mass is 327 g/mol. The zero-order valence-corrected chi connectivity index (χ0v) is 11.9. The van der Waals surface area contributed by atoms with Crippen molar-refractivity contribution in [2.24, 2.45) is 0 Å². The Hall–Kier alpha value is -1.69. The number of hydrogen-bond donors (Lipinski definition) is 1. The number of carbonyl (C=O) groups is 1. The van der Waals surface area contributed by atoms with E-state index in [4.69, 9.17) is 9.52 Å². The molecule has 0 atom stereocenters. The van der Waals surface area contributed by atoms with Crippen LogP contribution in [0.25, 0.3) is 11.5 Å². The van der Waals surface area contributed by atoms with Crippen LogP contribution in [0.15, 0.2) is 27.1 Å². The van der Waals surface area contributed by atoms with Gasteiger partial charge in [-0.1, -0.05) is 29.8 Å². The van der Waals surface area contributed by atoms with E-state index in [0.29, 0.717) is 15.7 Å². The van der Waals surface area contributed by atoms with Crippen LogP contribution in [0.2, 0.25) is 0 Å². The smallest absolute Gasteiger partial charge is 0.373 e. The first-order valence-electron chi connectivity index (χ1n) is 5.59. The summed E-state index contributed by atoms with van der Waals surface area (Å²) in [5, 5.41) is 9.07. The maximum absolute atomic E-state index is 13.3. The van der Waals surface area contributed by atoms with Gasteiger partial charge in [-0.15, -0.1) is 0 Å². The molecule has 2 rings (SSSR count). The van der Waals surface area contributed by atoms with Crippen LogP contribution in [-0.2, 0) is 0 Å². The second-order valence-electron chi connectivity index (χ2n) is 4.35. The molecule has 0 bridgehead atoms. The van der Waals surface area contributed by atoms with Gasteiger partial charge in [0, 0.05) is 10.0 Å². The van der Waals surface area contributed by atoms with Crippen molar-refractivity contribution in [3.05, 3.63) is 39.9 Å². The van der Waals surface area contributed by atoms with Crippen LogP contribution in [0.1, 0.15) is 36.0 Å². The van der Waals surface area contributed by atoms with Gasteiger partial charge < -0.3 is 9.52 Å². The van der Waals surface area contributed by atoms with E-state index in [1.165, 1.54) is 12.1 Å². The third kappa shape index (κ3) is 2.84. The summed E-state index contributed by atoms with van der Waals surface area (Å²) in [6.45, 7) is 3.63. The first-order valence-corrected chi connectivity index (χ1v) is 6.38. The first kappa shape index (κ1) is 13.7. The standard InChI is InChI=1S/C13H11BrFNO3/c1-6(2)10-11(13(17)18)19-12(16-10)7-3-8(14)5-9(15)4-7/h3-6H,1-2H3,(H,17,18). The Morgan fingerprint density at radius 3 is 2.58 bits per heavy atom. The molecule has 0 aliphatic rings. The summed E-state index contributed by atoms with van der Waals surface area (Å²) in [5.74, 6) is -1.84. The SMILES string of the molecule is CC(C)c1nc(-c2cc(F)cc(Br)c2)oc1C(=O)O. The van der Waals surface area contributed by atoms with Crippen molar-refractivity contribution in [1.29, 1.82) is 0 Å². The predicted molar refractivity (Wildman–Crippen MR) is 70.6 cm³/mol. The highest BCUT2D eigenvalue weighted by Crippen LogP contribution is 2.28. The van der Waals surface area contributed by atoms with E-state index in [1.54, 1.807) is 6.07 Å². The molecule has 1 N–H and O–H groups in total. The van der Waals surface area contributed by atoms with Crippen molar-refractivity contribution in [2.45, 2.75) is 19.8 Å². The molecule has 1 aromatic heterocycles. The number of aromatic carboxylic acids is 1. The molecule has 0 unspecified atom stereocenters. The molecular weight excluding hydrogens is 317 g/mol. The second kappa shape index (κ2) is 5.13. The Balaban J connectivity index is 2.57. The highest BCUT2D eigenvalue weighted by Gasteiger charge is 2.22. The van der Waals surface area contributed by atoms with Gasteiger partial charge in [-0.3, -0.25) is 0 Å². The van der Waals surface area contributed by atoms with Gasteiger partial charge >= 0.3 is 5.97 Å². The van der Waals surface area contributed by atoms with Crippen LogP contribution in [0.4, 0.5) is 4.39 Å². The predicted octanol–water partition coefficient (Wildman–Crippen LogP) is 4.06. The summed E-state index contributed by atoms with van der Waals surface area (Å²) in [7, 11) is 0. The van der Waals surface area contributed by atoms with E-state index in [1.807, 2.05) is 13.8 Å². The van der Waals surface area contributed by atoms with Crippen molar-refractivity contribution in [3.63, 3.8) is 0 Å². The molecular formula is C13H11BrFNO3. The summed E-state index contributed by atoms with van der Waals surface area (Å²) in [6.07, 6.45) is 0. The van der Waals surface area contributed by atoms with E-state index in [-0.39, 0.29) is 17.6 Å². The highest BCUT2D eigenvalue weighted by molar-refractivity contribution is 9.10. The van der Waals surface area contributed by atoms with E-state index in [0.717, 1.165) is 0 Å². The van der Waals surface area contributed by atoms with Gasteiger partial charge in [0.1, 0.15) is 5.82 Å². The Bertz CT molecular complexity index is 617. The van der Waals surface area contributed by atoms with Crippen molar-refractivity contribution >= 4 is 21.9 Å². The minimum absolute atomic E-state index is 0.0967. The number of halogens is 2. The number of carboxylic acid groups (broad SMARTS) is 1.